The molecule has 5 heteroatoms. The minimum atomic E-state index is -1.04. The van der Waals surface area contributed by atoms with Crippen LogP contribution in [0.4, 0.5) is 0 Å². The number of carboxylic acid groups (broad SMARTS) is 1. The first-order chi connectivity index (χ1) is 9.20. The predicted octanol–water partition coefficient (Wildman–Crippen LogP) is 1.87. The number of nitrogens with one attached hydrogen (secondary N) is 1. The van der Waals surface area contributed by atoms with Gasteiger partial charge in [0.2, 0.25) is 5.76 Å². The van der Waals surface area contributed by atoms with Crippen LogP contribution in [0.25, 0.3) is 0 Å². The second-order valence-corrected chi connectivity index (χ2v) is 5.19. The van der Waals surface area contributed by atoms with E-state index in [0.29, 0.717) is 24.1 Å². The van der Waals surface area contributed by atoms with Crippen molar-refractivity contribution in [3.8, 4) is 0 Å². The normalized spacial score (nSPS) is 23.4. The number of hydrogen-bond acceptors (Lipinski definition) is 4. The first kappa shape index (κ1) is 14.1. The van der Waals surface area contributed by atoms with E-state index >= 15 is 0 Å². The zero-order valence-electron chi connectivity index (χ0n) is 11.0. The Labute approximate surface area is 112 Å². The monoisotopic (exact) mass is 267 g/mol. The van der Waals surface area contributed by atoms with Crippen LogP contribution in [-0.2, 0) is 6.54 Å². The maximum Gasteiger partial charge on any atom is 0.371 e. The molecule has 2 unspecified atom stereocenters. The van der Waals surface area contributed by atoms with Crippen molar-refractivity contribution in [2.45, 2.75) is 32.2 Å². The number of rotatable bonds is 6. The van der Waals surface area contributed by atoms with E-state index in [0.717, 1.165) is 19.4 Å². The third kappa shape index (κ3) is 3.81. The summed E-state index contributed by atoms with van der Waals surface area (Å²) in [5, 5.41) is 21.4. The van der Waals surface area contributed by atoms with Crippen molar-refractivity contribution in [1.29, 1.82) is 0 Å². The van der Waals surface area contributed by atoms with Crippen LogP contribution < -0.4 is 5.32 Å². The standard InChI is InChI=1S/C14H21NO4/c16-9-11-4-2-1-3-10(11)7-15-8-12-5-6-13(19-12)14(17)18/h5-6,10-11,15-16H,1-4,7-9H2,(H,17,18). The van der Waals surface area contributed by atoms with Crippen LogP contribution in [0.5, 0.6) is 0 Å². The molecule has 1 saturated carbocycles. The highest BCUT2D eigenvalue weighted by Crippen LogP contribution is 2.29. The number of aliphatic hydroxyl groups is 1. The van der Waals surface area contributed by atoms with Gasteiger partial charge < -0.3 is 19.9 Å². The van der Waals surface area contributed by atoms with Crippen molar-refractivity contribution in [3.63, 3.8) is 0 Å². The highest BCUT2D eigenvalue weighted by molar-refractivity contribution is 5.84. The molecule has 1 aliphatic rings. The summed E-state index contributed by atoms with van der Waals surface area (Å²) in [4.78, 5) is 10.7. The van der Waals surface area contributed by atoms with Gasteiger partial charge in [0, 0.05) is 6.61 Å². The molecule has 2 rings (SSSR count). The molecule has 5 nitrogen and oxygen atoms in total. The smallest absolute Gasteiger partial charge is 0.371 e. The molecule has 0 saturated heterocycles. The largest absolute Gasteiger partial charge is 0.475 e. The van der Waals surface area contributed by atoms with E-state index in [2.05, 4.69) is 5.32 Å². The minimum absolute atomic E-state index is 0.0253. The number of aromatic carboxylic acids is 1. The van der Waals surface area contributed by atoms with Crippen molar-refractivity contribution in [2.75, 3.05) is 13.2 Å². The fraction of sp³-hybridized carbons (Fsp3) is 0.643. The number of aliphatic hydroxyl groups excluding tert-OH is 1. The molecule has 0 amide bonds. The summed E-state index contributed by atoms with van der Waals surface area (Å²) < 4.78 is 5.18. The fourth-order valence-corrected chi connectivity index (χ4v) is 2.76. The number of carboxylic acids is 1. The molecule has 1 heterocycles. The maximum absolute atomic E-state index is 10.7. The molecule has 0 aliphatic heterocycles. The van der Waals surface area contributed by atoms with E-state index in [1.807, 2.05) is 0 Å². The quantitative estimate of drug-likeness (QED) is 0.733. The average Bonchev–Trinajstić information content (AvgIpc) is 2.88. The third-order valence-electron chi connectivity index (χ3n) is 3.88. The van der Waals surface area contributed by atoms with Crippen LogP contribution in [0.1, 0.15) is 42.0 Å². The van der Waals surface area contributed by atoms with E-state index in [1.165, 1.54) is 18.9 Å². The predicted molar refractivity (Wildman–Crippen MR) is 69.9 cm³/mol. The molecule has 0 radical (unpaired) electrons. The summed E-state index contributed by atoms with van der Waals surface area (Å²) in [5.41, 5.74) is 0. The van der Waals surface area contributed by atoms with Crippen LogP contribution in [-0.4, -0.2) is 29.3 Å². The summed E-state index contributed by atoms with van der Waals surface area (Å²) in [6.45, 7) is 1.63. The van der Waals surface area contributed by atoms with Crippen molar-refractivity contribution < 1.29 is 19.4 Å². The Bertz CT molecular complexity index is 415. The Morgan fingerprint density at radius 3 is 2.68 bits per heavy atom. The highest BCUT2D eigenvalue weighted by atomic mass is 16.4. The van der Waals surface area contributed by atoms with E-state index in [1.54, 1.807) is 6.07 Å². The summed E-state index contributed by atoms with van der Waals surface area (Å²) >= 11 is 0. The lowest BCUT2D eigenvalue weighted by molar-refractivity contribution is 0.0660. The lowest BCUT2D eigenvalue weighted by atomic mass is 9.79. The molecular weight excluding hydrogens is 246 g/mol. The van der Waals surface area contributed by atoms with Gasteiger partial charge in [-0.2, -0.15) is 0 Å². The van der Waals surface area contributed by atoms with Gasteiger partial charge in [0.15, 0.2) is 0 Å². The molecule has 1 aliphatic carbocycles. The molecule has 19 heavy (non-hydrogen) atoms. The lowest BCUT2D eigenvalue weighted by Gasteiger charge is -2.30. The maximum atomic E-state index is 10.7. The Balaban J connectivity index is 1.77. The van der Waals surface area contributed by atoms with Crippen molar-refractivity contribution in [1.82, 2.24) is 5.32 Å². The van der Waals surface area contributed by atoms with Gasteiger partial charge in [-0.25, -0.2) is 4.79 Å². The summed E-state index contributed by atoms with van der Waals surface area (Å²) in [7, 11) is 0. The van der Waals surface area contributed by atoms with Crippen LogP contribution in [0.3, 0.4) is 0 Å². The molecule has 1 aromatic rings. The van der Waals surface area contributed by atoms with Gasteiger partial charge in [0.1, 0.15) is 5.76 Å². The van der Waals surface area contributed by atoms with Crippen molar-refractivity contribution in [3.05, 3.63) is 23.7 Å². The molecule has 0 bridgehead atoms. The van der Waals surface area contributed by atoms with E-state index in [9.17, 15) is 9.90 Å². The zero-order chi connectivity index (χ0) is 13.7. The summed E-state index contributed by atoms with van der Waals surface area (Å²) in [6, 6.07) is 3.15. The Kier molecular flexibility index (Phi) is 4.99. The molecule has 1 fully saturated rings. The Morgan fingerprint density at radius 2 is 2.05 bits per heavy atom. The zero-order valence-corrected chi connectivity index (χ0v) is 11.0. The first-order valence-electron chi connectivity index (χ1n) is 6.84. The second kappa shape index (κ2) is 6.73. The van der Waals surface area contributed by atoms with Gasteiger partial charge >= 0.3 is 5.97 Å². The van der Waals surface area contributed by atoms with Gasteiger partial charge in [-0.05, 0) is 43.4 Å². The molecule has 0 aromatic carbocycles. The second-order valence-electron chi connectivity index (χ2n) is 5.19. The molecule has 3 N–H and O–H groups in total. The van der Waals surface area contributed by atoms with E-state index in [-0.39, 0.29) is 12.4 Å². The van der Waals surface area contributed by atoms with Gasteiger partial charge in [-0.1, -0.05) is 12.8 Å². The molecule has 2 atom stereocenters. The number of carbonyl (C=O) groups is 1. The number of hydrogen-bond donors (Lipinski definition) is 3. The van der Waals surface area contributed by atoms with Gasteiger partial charge in [-0.3, -0.25) is 0 Å². The first-order valence-corrected chi connectivity index (χ1v) is 6.84. The number of furan rings is 1. The lowest BCUT2D eigenvalue weighted by Crippen LogP contribution is -2.32. The molecule has 106 valence electrons. The molecule has 1 aromatic heterocycles. The average molecular weight is 267 g/mol. The van der Waals surface area contributed by atoms with Crippen molar-refractivity contribution >= 4 is 5.97 Å². The Hall–Kier alpha value is -1.33. The van der Waals surface area contributed by atoms with Gasteiger partial charge in [0.05, 0.1) is 6.54 Å². The van der Waals surface area contributed by atoms with Gasteiger partial charge in [-0.15, -0.1) is 0 Å². The van der Waals surface area contributed by atoms with Crippen LogP contribution in [0.2, 0.25) is 0 Å². The van der Waals surface area contributed by atoms with Crippen LogP contribution in [0.15, 0.2) is 16.5 Å². The SMILES string of the molecule is O=C(O)c1ccc(CNCC2CCCCC2CO)o1. The fourth-order valence-electron chi connectivity index (χ4n) is 2.76. The van der Waals surface area contributed by atoms with Crippen LogP contribution >= 0.6 is 0 Å². The molecular formula is C14H21NO4. The van der Waals surface area contributed by atoms with Crippen LogP contribution in [0, 0.1) is 11.8 Å². The Morgan fingerprint density at radius 1 is 1.32 bits per heavy atom. The summed E-state index contributed by atoms with van der Waals surface area (Å²) in [5.74, 6) is 0.468. The highest BCUT2D eigenvalue weighted by Gasteiger charge is 2.23. The topological polar surface area (TPSA) is 82.7 Å². The van der Waals surface area contributed by atoms with E-state index < -0.39 is 5.97 Å². The van der Waals surface area contributed by atoms with Gasteiger partial charge in [0.25, 0.3) is 0 Å². The summed E-state index contributed by atoms with van der Waals surface area (Å²) in [6.07, 6.45) is 4.69. The molecule has 0 spiro atoms. The third-order valence-corrected chi connectivity index (χ3v) is 3.88. The van der Waals surface area contributed by atoms with E-state index in [4.69, 9.17) is 9.52 Å². The van der Waals surface area contributed by atoms with Crippen molar-refractivity contribution in [2.24, 2.45) is 11.8 Å². The minimum Gasteiger partial charge on any atom is -0.475 e.